The third-order valence-electron chi connectivity index (χ3n) is 6.41. The molecule has 0 radical (unpaired) electrons. The fourth-order valence-corrected chi connectivity index (χ4v) is 5.34. The third kappa shape index (κ3) is 4.78. The molecule has 4 aromatic rings. The Morgan fingerprint density at radius 1 is 1.12 bits per heavy atom. The Morgan fingerprint density at radius 2 is 2.00 bits per heavy atom. The minimum Gasteiger partial charge on any atom is -0.497 e. The molecule has 33 heavy (non-hydrogen) atoms. The number of aryl methyl sites for hydroxylation is 2. The summed E-state index contributed by atoms with van der Waals surface area (Å²) in [6.45, 7) is 1.55. The number of pyridine rings is 1. The number of methoxy groups -OCH3 is 1. The van der Waals surface area contributed by atoms with Gasteiger partial charge in [0.1, 0.15) is 17.1 Å². The van der Waals surface area contributed by atoms with E-state index in [2.05, 4.69) is 27.1 Å². The number of imidazole rings is 1. The van der Waals surface area contributed by atoms with Crippen LogP contribution in [0.1, 0.15) is 35.8 Å². The summed E-state index contributed by atoms with van der Waals surface area (Å²) in [6.07, 6.45) is 5.90. The average Bonchev–Trinajstić information content (AvgIpc) is 3.50. The van der Waals surface area contributed by atoms with Gasteiger partial charge in [-0.05, 0) is 71.5 Å². The second-order valence-electron chi connectivity index (χ2n) is 8.52. The summed E-state index contributed by atoms with van der Waals surface area (Å²) in [5, 5.41) is 4.08. The van der Waals surface area contributed by atoms with E-state index >= 15 is 0 Å². The summed E-state index contributed by atoms with van der Waals surface area (Å²) in [6, 6.07) is 14.5. The molecular formula is C26H28N4O2S. The molecule has 5 rings (SSSR count). The number of likely N-dealkylation sites (tertiary alicyclic amines) is 1. The van der Waals surface area contributed by atoms with Crippen LogP contribution in [0.4, 0.5) is 0 Å². The lowest BCUT2D eigenvalue weighted by Crippen LogP contribution is -2.40. The van der Waals surface area contributed by atoms with Crippen LogP contribution in [0.15, 0.2) is 59.4 Å². The normalized spacial score (nSPS) is 14.6. The van der Waals surface area contributed by atoms with E-state index in [9.17, 15) is 4.79 Å². The van der Waals surface area contributed by atoms with Crippen molar-refractivity contribution in [3.05, 3.63) is 76.4 Å². The monoisotopic (exact) mass is 460 g/mol. The van der Waals surface area contributed by atoms with E-state index in [1.54, 1.807) is 18.4 Å². The van der Waals surface area contributed by atoms with Crippen molar-refractivity contribution in [2.45, 2.75) is 38.1 Å². The number of thiophene rings is 1. The number of piperidine rings is 1. The van der Waals surface area contributed by atoms with Crippen LogP contribution in [0, 0.1) is 0 Å². The highest BCUT2D eigenvalue weighted by atomic mass is 32.1. The zero-order valence-corrected chi connectivity index (χ0v) is 19.6. The van der Waals surface area contributed by atoms with E-state index < -0.39 is 0 Å². The maximum Gasteiger partial charge on any atom is 0.227 e. The van der Waals surface area contributed by atoms with Crippen molar-refractivity contribution >= 4 is 28.4 Å². The van der Waals surface area contributed by atoms with Gasteiger partial charge >= 0.3 is 0 Å². The first kappa shape index (κ1) is 21.6. The van der Waals surface area contributed by atoms with Crippen LogP contribution in [0.2, 0.25) is 0 Å². The summed E-state index contributed by atoms with van der Waals surface area (Å²) in [7, 11) is 1.70. The fourth-order valence-electron chi connectivity index (χ4n) is 4.67. The number of benzene rings is 1. The van der Waals surface area contributed by atoms with E-state index in [4.69, 9.17) is 9.72 Å². The Labute approximate surface area is 197 Å². The number of aromatic nitrogens is 3. The van der Waals surface area contributed by atoms with E-state index in [-0.39, 0.29) is 5.91 Å². The molecule has 1 fully saturated rings. The number of hydrogen-bond acceptors (Lipinski definition) is 5. The Hall–Kier alpha value is -3.19. The zero-order valence-electron chi connectivity index (χ0n) is 18.8. The van der Waals surface area contributed by atoms with Gasteiger partial charge in [-0.1, -0.05) is 12.1 Å². The Balaban J connectivity index is 1.31. The highest BCUT2D eigenvalue weighted by molar-refractivity contribution is 7.08. The van der Waals surface area contributed by atoms with Crippen molar-refractivity contribution in [3.63, 3.8) is 0 Å². The molecule has 0 aliphatic carbocycles. The molecule has 0 bridgehead atoms. The minimum absolute atomic E-state index is 0.221. The molecule has 7 heteroatoms. The second-order valence-corrected chi connectivity index (χ2v) is 9.30. The maximum absolute atomic E-state index is 12.7. The summed E-state index contributed by atoms with van der Waals surface area (Å²) >= 11 is 1.64. The molecule has 0 atom stereocenters. The molecule has 1 saturated heterocycles. The lowest BCUT2D eigenvalue weighted by Gasteiger charge is -2.33. The topological polar surface area (TPSA) is 60.3 Å². The van der Waals surface area contributed by atoms with Crippen LogP contribution in [0.5, 0.6) is 5.75 Å². The van der Waals surface area contributed by atoms with Crippen LogP contribution in [0.3, 0.4) is 0 Å². The number of carbonyl (C=O) groups is 1. The largest absolute Gasteiger partial charge is 0.497 e. The van der Waals surface area contributed by atoms with Crippen molar-refractivity contribution in [2.24, 2.45) is 0 Å². The first-order chi connectivity index (χ1) is 16.2. The van der Waals surface area contributed by atoms with Crippen LogP contribution in [-0.4, -0.2) is 45.5 Å². The van der Waals surface area contributed by atoms with Gasteiger partial charge in [-0.2, -0.15) is 11.3 Å². The molecule has 1 aliphatic rings. The average molecular weight is 461 g/mol. The molecule has 0 spiro atoms. The van der Waals surface area contributed by atoms with E-state index in [0.29, 0.717) is 12.5 Å². The summed E-state index contributed by atoms with van der Waals surface area (Å²) in [4.78, 5) is 24.4. The van der Waals surface area contributed by atoms with E-state index in [1.807, 2.05) is 46.8 Å². The van der Waals surface area contributed by atoms with Crippen LogP contribution >= 0.6 is 11.3 Å². The highest BCUT2D eigenvalue weighted by Crippen LogP contribution is 2.29. The molecule has 1 aromatic carbocycles. The number of amides is 1. The van der Waals surface area contributed by atoms with Gasteiger partial charge in [0.2, 0.25) is 5.91 Å². The highest BCUT2D eigenvalue weighted by Gasteiger charge is 2.27. The number of fused-ring (bicyclic) bond motifs is 1. The van der Waals surface area contributed by atoms with Gasteiger partial charge in [0.05, 0.1) is 13.5 Å². The van der Waals surface area contributed by atoms with Gasteiger partial charge in [0.25, 0.3) is 0 Å². The van der Waals surface area contributed by atoms with Gasteiger partial charge < -0.3 is 14.2 Å². The summed E-state index contributed by atoms with van der Waals surface area (Å²) in [5.41, 5.74) is 4.22. The van der Waals surface area contributed by atoms with Crippen molar-refractivity contribution in [3.8, 4) is 5.75 Å². The van der Waals surface area contributed by atoms with Crippen LogP contribution in [0.25, 0.3) is 11.2 Å². The molecule has 0 N–H and O–H groups in total. The lowest BCUT2D eigenvalue weighted by molar-refractivity contribution is -0.131. The molecule has 1 aliphatic heterocycles. The fraction of sp³-hybridized carbons (Fsp3) is 0.346. The van der Waals surface area contributed by atoms with Gasteiger partial charge in [-0.3, -0.25) is 4.79 Å². The number of nitrogens with zero attached hydrogens (tertiary/aromatic N) is 4. The number of hydrogen-bond donors (Lipinski definition) is 0. The van der Waals surface area contributed by atoms with Crippen molar-refractivity contribution in [1.82, 2.24) is 19.4 Å². The van der Waals surface area contributed by atoms with E-state index in [0.717, 1.165) is 67.1 Å². The molecular weight excluding hydrogens is 432 g/mol. The minimum atomic E-state index is 0.221. The van der Waals surface area contributed by atoms with Crippen molar-refractivity contribution < 1.29 is 9.53 Å². The molecule has 0 saturated carbocycles. The molecule has 170 valence electrons. The van der Waals surface area contributed by atoms with Gasteiger partial charge in [0.15, 0.2) is 5.65 Å². The standard InChI is InChI=1S/C26H28N4O2S/c1-32-22-5-2-4-19(16-22)7-8-24-28-23-6-3-12-27-26(23)30(24)21-9-13-29(14-10-21)25(31)17-20-11-15-33-18-20/h2-6,11-12,15-16,18,21H,7-10,13-14,17H2,1H3. The first-order valence-electron chi connectivity index (χ1n) is 11.4. The van der Waals surface area contributed by atoms with Crippen LogP contribution in [-0.2, 0) is 24.1 Å². The molecule has 3 aromatic heterocycles. The lowest BCUT2D eigenvalue weighted by atomic mass is 10.0. The quantitative estimate of drug-likeness (QED) is 0.401. The second kappa shape index (κ2) is 9.75. The Bertz CT molecular complexity index is 1230. The van der Waals surface area contributed by atoms with Gasteiger partial charge in [0, 0.05) is 31.7 Å². The molecule has 1 amide bonds. The smallest absolute Gasteiger partial charge is 0.227 e. The predicted octanol–water partition coefficient (Wildman–Crippen LogP) is 4.69. The van der Waals surface area contributed by atoms with Gasteiger partial charge in [-0.25, -0.2) is 9.97 Å². The van der Waals surface area contributed by atoms with Crippen molar-refractivity contribution in [1.29, 1.82) is 0 Å². The third-order valence-corrected chi connectivity index (χ3v) is 7.14. The van der Waals surface area contributed by atoms with Gasteiger partial charge in [-0.15, -0.1) is 0 Å². The zero-order chi connectivity index (χ0) is 22.6. The Kier molecular flexibility index (Phi) is 6.39. The van der Waals surface area contributed by atoms with Crippen molar-refractivity contribution in [2.75, 3.05) is 20.2 Å². The molecule has 4 heterocycles. The number of carbonyl (C=O) groups excluding carboxylic acids is 1. The molecule has 6 nitrogen and oxygen atoms in total. The molecule has 0 unspecified atom stereocenters. The first-order valence-corrected chi connectivity index (χ1v) is 12.4. The SMILES string of the molecule is COc1cccc(CCc2nc3cccnc3n2C2CCN(C(=O)Cc3ccsc3)CC2)c1. The summed E-state index contributed by atoms with van der Waals surface area (Å²) < 4.78 is 7.70. The number of ether oxygens (including phenoxy) is 1. The Morgan fingerprint density at radius 3 is 2.79 bits per heavy atom. The summed E-state index contributed by atoms with van der Waals surface area (Å²) in [5.74, 6) is 2.16. The van der Waals surface area contributed by atoms with E-state index in [1.165, 1.54) is 5.56 Å². The maximum atomic E-state index is 12.7. The predicted molar refractivity (Wildman–Crippen MR) is 131 cm³/mol. The number of rotatable bonds is 7. The van der Waals surface area contributed by atoms with Crippen LogP contribution < -0.4 is 4.74 Å².